The fourth-order valence-corrected chi connectivity index (χ4v) is 3.92. The Morgan fingerprint density at radius 2 is 1.24 bits per heavy atom. The number of nitrogens with one attached hydrogen (secondary N) is 1. The van der Waals surface area contributed by atoms with E-state index < -0.39 is 6.04 Å². The maximum atomic E-state index is 8.67. The molecule has 0 heterocycles. The number of hydrogen-bond donors (Lipinski definition) is 2. The summed E-state index contributed by atoms with van der Waals surface area (Å²) >= 11 is 0. The second-order valence-corrected chi connectivity index (χ2v) is 10.7. The van der Waals surface area contributed by atoms with E-state index in [-0.39, 0.29) is 40.6 Å². The van der Waals surface area contributed by atoms with Crippen LogP contribution in [0.2, 0.25) is 0 Å². The van der Waals surface area contributed by atoms with Crippen LogP contribution in [0.4, 0.5) is 17.1 Å². The van der Waals surface area contributed by atoms with E-state index >= 15 is 0 Å². The van der Waals surface area contributed by atoms with Gasteiger partial charge in [-0.2, -0.15) is 0 Å². The quantitative estimate of drug-likeness (QED) is 0.303. The summed E-state index contributed by atoms with van der Waals surface area (Å²) in [6.07, 6.45) is 0. The largest absolute Gasteiger partial charge is 0.397 e. The normalized spacial score (nSPS) is 14.0. The molecule has 0 aliphatic carbocycles. The van der Waals surface area contributed by atoms with Gasteiger partial charge in [0.25, 0.3) is 0 Å². The molecule has 0 aromatic heterocycles. The molecule has 0 saturated heterocycles. The summed E-state index contributed by atoms with van der Waals surface area (Å²) in [6.45, 7) is 13.1. The van der Waals surface area contributed by atoms with Crippen molar-refractivity contribution in [3.63, 3.8) is 0 Å². The highest BCUT2D eigenvalue weighted by Crippen LogP contribution is 2.42. The lowest BCUT2D eigenvalue weighted by Gasteiger charge is -2.27. The van der Waals surface area contributed by atoms with Crippen molar-refractivity contribution in [2.45, 2.75) is 52.4 Å². The van der Waals surface area contributed by atoms with Crippen LogP contribution < -0.4 is 11.1 Å². The molecule has 4 rings (SSSR count). The zero-order valence-electron chi connectivity index (χ0n) is 25.9. The van der Waals surface area contributed by atoms with Crippen molar-refractivity contribution in [3.8, 4) is 22.3 Å². The first-order chi connectivity index (χ1) is 18.1. The Kier molecular flexibility index (Phi) is 4.75. The van der Waals surface area contributed by atoms with E-state index in [1.54, 1.807) is 12.1 Å². The summed E-state index contributed by atoms with van der Waals surface area (Å²) in [4.78, 5) is 0. The molecule has 0 radical (unpaired) electrons. The molecular weight excluding hydrogens is 412 g/mol. The van der Waals surface area contributed by atoms with Crippen LogP contribution >= 0.6 is 0 Å². The Hall–Kier alpha value is -3.52. The molecule has 174 valence electrons. The van der Waals surface area contributed by atoms with Crippen LogP contribution in [0.1, 0.15) is 59.5 Å². The van der Waals surface area contributed by atoms with Gasteiger partial charge in [0.2, 0.25) is 0 Å². The third kappa shape index (κ3) is 5.02. The van der Waals surface area contributed by atoms with E-state index in [1.807, 2.05) is 30.3 Å². The van der Waals surface area contributed by atoms with E-state index in [4.69, 9.17) is 12.6 Å². The van der Waals surface area contributed by atoms with E-state index in [0.717, 1.165) is 11.1 Å². The van der Waals surface area contributed by atoms with Gasteiger partial charge in [0.15, 0.2) is 0 Å². The van der Waals surface area contributed by atoms with E-state index in [9.17, 15) is 0 Å². The highest BCUT2D eigenvalue weighted by molar-refractivity contribution is 5.94. The van der Waals surface area contributed by atoms with Crippen molar-refractivity contribution in [1.82, 2.24) is 0 Å². The molecule has 2 heteroatoms. The Morgan fingerprint density at radius 1 is 0.676 bits per heavy atom. The van der Waals surface area contributed by atoms with Gasteiger partial charge < -0.3 is 11.1 Å². The first-order valence-electron chi connectivity index (χ1n) is 14.1. The maximum absolute atomic E-state index is 8.67. The van der Waals surface area contributed by atoms with Crippen LogP contribution in [0.15, 0.2) is 90.9 Å². The van der Waals surface area contributed by atoms with Gasteiger partial charge in [-0.1, -0.05) is 120 Å². The molecular formula is C32H36N2. The minimum atomic E-state index is -0.417. The zero-order chi connectivity index (χ0) is 28.9. The van der Waals surface area contributed by atoms with Gasteiger partial charge in [0, 0.05) is 11.1 Å². The molecule has 2 nitrogen and oxygen atoms in total. The van der Waals surface area contributed by atoms with Gasteiger partial charge in [0.1, 0.15) is 0 Å². The fourth-order valence-electron chi connectivity index (χ4n) is 3.92. The van der Waals surface area contributed by atoms with Crippen LogP contribution in [0.3, 0.4) is 0 Å². The van der Waals surface area contributed by atoms with Crippen molar-refractivity contribution in [2.75, 3.05) is 11.1 Å². The lowest BCUT2D eigenvalue weighted by molar-refractivity contribution is 0.569. The topological polar surface area (TPSA) is 38.0 Å². The molecule has 0 spiro atoms. The Bertz CT molecular complexity index is 1500. The van der Waals surface area contributed by atoms with Crippen LogP contribution in [-0.2, 0) is 10.8 Å². The zero-order valence-corrected chi connectivity index (χ0v) is 20.9. The highest BCUT2D eigenvalue weighted by Gasteiger charge is 2.22. The molecule has 0 bridgehead atoms. The number of benzene rings is 4. The van der Waals surface area contributed by atoms with Crippen molar-refractivity contribution >= 4 is 17.1 Å². The van der Waals surface area contributed by atoms with Crippen LogP contribution in [0, 0.1) is 0 Å². The van der Waals surface area contributed by atoms with Gasteiger partial charge in [-0.25, -0.2) is 0 Å². The van der Waals surface area contributed by atoms with Gasteiger partial charge in [-0.05, 0) is 45.2 Å². The van der Waals surface area contributed by atoms with E-state index in [2.05, 4.69) is 65.1 Å². The average molecular weight is 454 g/mol. The maximum Gasteiger partial charge on any atom is 0.0629 e. The minimum absolute atomic E-state index is 0.0992. The number of rotatable bonds is 4. The molecule has 4 aromatic rings. The molecule has 4 aromatic carbocycles. The van der Waals surface area contributed by atoms with Gasteiger partial charge in [-0.3, -0.25) is 0 Å². The van der Waals surface area contributed by atoms with Gasteiger partial charge in [0.05, 0.1) is 23.9 Å². The number of hydrogen-bond acceptors (Lipinski definition) is 2. The molecule has 0 aliphatic rings. The Labute approximate surface area is 211 Å². The van der Waals surface area contributed by atoms with Crippen LogP contribution in [0.25, 0.3) is 22.3 Å². The van der Waals surface area contributed by atoms with Crippen molar-refractivity contribution in [3.05, 3.63) is 102 Å². The number of para-hydroxylation sites is 3. The third-order valence-electron chi connectivity index (χ3n) is 6.03. The molecule has 0 unspecified atom stereocenters. The van der Waals surface area contributed by atoms with Crippen molar-refractivity contribution in [2.24, 2.45) is 0 Å². The molecule has 0 atom stereocenters. The standard InChI is InChI=1S/C32H36N2/c1-31(2,3)24-19-23(20-25(21-24)32(4,5)6)27-16-12-15-26(22-13-8-7-9-14-22)30(27)34-29-18-11-10-17-28(29)33/h7-21,34H,33H2,1-6H3/i7D,8D,9D,13D,14D. The van der Waals surface area contributed by atoms with Crippen molar-refractivity contribution < 1.29 is 6.85 Å². The van der Waals surface area contributed by atoms with E-state index in [0.29, 0.717) is 22.6 Å². The molecule has 34 heavy (non-hydrogen) atoms. The molecule has 0 saturated carbocycles. The van der Waals surface area contributed by atoms with Crippen molar-refractivity contribution in [1.29, 1.82) is 0 Å². The summed E-state index contributed by atoms with van der Waals surface area (Å²) in [5.41, 5.74) is 12.8. The molecule has 0 aliphatic heterocycles. The average Bonchev–Trinajstić information content (AvgIpc) is 2.87. The lowest BCUT2D eigenvalue weighted by Crippen LogP contribution is -2.16. The molecule has 0 fully saturated rings. The third-order valence-corrected chi connectivity index (χ3v) is 6.03. The van der Waals surface area contributed by atoms with Crippen LogP contribution in [0.5, 0.6) is 0 Å². The number of nitrogens with two attached hydrogens (primary N) is 1. The minimum Gasteiger partial charge on any atom is -0.397 e. The smallest absolute Gasteiger partial charge is 0.0629 e. The first-order valence-corrected chi connectivity index (χ1v) is 11.6. The number of anilines is 3. The monoisotopic (exact) mass is 453 g/mol. The van der Waals surface area contributed by atoms with E-state index in [1.165, 1.54) is 11.1 Å². The predicted octanol–water partition coefficient (Wildman–Crippen LogP) is 8.94. The summed E-state index contributed by atoms with van der Waals surface area (Å²) in [7, 11) is 0. The van der Waals surface area contributed by atoms with Gasteiger partial charge in [-0.15, -0.1) is 0 Å². The summed E-state index contributed by atoms with van der Waals surface area (Å²) in [5, 5.41) is 3.47. The summed E-state index contributed by atoms with van der Waals surface area (Å²) < 4.78 is 42.0. The fraction of sp³-hybridized carbons (Fsp3) is 0.250. The summed E-state index contributed by atoms with van der Waals surface area (Å²) in [6, 6.07) is 18.0. The molecule has 0 amide bonds. The lowest BCUT2D eigenvalue weighted by atomic mass is 9.78. The van der Waals surface area contributed by atoms with Crippen LogP contribution in [-0.4, -0.2) is 0 Å². The predicted molar refractivity (Wildman–Crippen MR) is 149 cm³/mol. The second kappa shape index (κ2) is 9.02. The Balaban J connectivity index is 2.11. The second-order valence-electron chi connectivity index (χ2n) is 10.7. The van der Waals surface area contributed by atoms with Gasteiger partial charge >= 0.3 is 0 Å². The number of nitrogen functional groups attached to an aromatic ring is 1. The molecule has 3 N–H and O–H groups in total. The highest BCUT2D eigenvalue weighted by atomic mass is 14.9. The SMILES string of the molecule is [2H]c1c([2H])c([2H])c(-c2cccc(-c3cc(C(C)(C)C)cc(C(C)(C)C)c3)c2Nc2ccccc2N)c([2H])c1[2H]. The Morgan fingerprint density at radius 3 is 1.79 bits per heavy atom. The first kappa shape index (κ1) is 17.9. The summed E-state index contributed by atoms with van der Waals surface area (Å²) in [5.74, 6) is 0.